The van der Waals surface area contributed by atoms with E-state index in [1.807, 2.05) is 0 Å². The molecule has 0 spiro atoms. The van der Waals surface area contributed by atoms with E-state index in [9.17, 15) is 8.42 Å². The van der Waals surface area contributed by atoms with Crippen LogP contribution in [0.25, 0.3) is 0 Å². The van der Waals surface area contributed by atoms with E-state index in [0.717, 1.165) is 12.8 Å². The second-order valence-electron chi connectivity index (χ2n) is 6.61. The molecule has 3 N–H and O–H groups in total. The van der Waals surface area contributed by atoms with E-state index in [0.29, 0.717) is 0 Å². The molecule has 0 saturated carbocycles. The molecule has 0 saturated heterocycles. The van der Waals surface area contributed by atoms with Crippen molar-refractivity contribution in [1.29, 1.82) is 0 Å². The van der Waals surface area contributed by atoms with Crippen molar-refractivity contribution in [3.8, 4) is 0 Å². The van der Waals surface area contributed by atoms with Gasteiger partial charge in [-0.25, -0.2) is 0 Å². The molecule has 11 nitrogen and oxygen atoms in total. The largest absolute Gasteiger partial charge is 0 e. The van der Waals surface area contributed by atoms with Crippen molar-refractivity contribution in [2.24, 2.45) is 0 Å². The van der Waals surface area contributed by atoms with Gasteiger partial charge in [-0.1, -0.05) is 82.9 Å². The van der Waals surface area contributed by atoms with Gasteiger partial charge < -0.3 is 0 Å². The smallest absolute Gasteiger partial charge is 0 e. The summed E-state index contributed by atoms with van der Waals surface area (Å²) >= 11 is -5.38. The van der Waals surface area contributed by atoms with Crippen LogP contribution >= 0.6 is 0 Å². The van der Waals surface area contributed by atoms with Crippen molar-refractivity contribution in [3.63, 3.8) is 0 Å². The fourth-order valence-electron chi connectivity index (χ4n) is 2.41. The molecule has 0 fully saturated rings. The molecule has 0 aliphatic heterocycles. The molecule has 1 rings (SSSR count). The summed E-state index contributed by atoms with van der Waals surface area (Å²) in [7, 11) is -8.24. The minimum Gasteiger partial charge on any atom is 0 e. The van der Waals surface area contributed by atoms with Gasteiger partial charge >= 0.3 is 120 Å². The van der Waals surface area contributed by atoms with Gasteiger partial charge in [0.25, 0.3) is 10.1 Å². The fourth-order valence-corrected chi connectivity index (χ4v) is 3.38. The van der Waals surface area contributed by atoms with Crippen LogP contribution < -0.4 is 0 Å². The average molecular weight is 656 g/mol. The van der Waals surface area contributed by atoms with Crippen molar-refractivity contribution in [2.45, 2.75) is 76.0 Å². The predicted molar refractivity (Wildman–Crippen MR) is 124 cm³/mol. The first-order chi connectivity index (χ1) is 14.7. The maximum atomic E-state index is 11.9. The van der Waals surface area contributed by atoms with E-state index in [1.54, 1.807) is 30.3 Å². The summed E-state index contributed by atoms with van der Waals surface area (Å²) in [5.74, 6) is 0. The van der Waals surface area contributed by atoms with Crippen LogP contribution in [-0.2, 0) is 70.9 Å². The van der Waals surface area contributed by atoms with Crippen LogP contribution in [0.1, 0.15) is 71.1 Å². The second kappa shape index (κ2) is 27.8. The van der Waals surface area contributed by atoms with Gasteiger partial charge in [0, 0.05) is 21.7 Å². The minimum absolute atomic E-state index is 0. The number of benzene rings is 1. The van der Waals surface area contributed by atoms with Gasteiger partial charge in [0.1, 0.15) is 0 Å². The van der Waals surface area contributed by atoms with Crippen LogP contribution in [0.3, 0.4) is 0 Å². The van der Waals surface area contributed by atoms with Crippen molar-refractivity contribution in [3.05, 3.63) is 30.3 Å². The van der Waals surface area contributed by atoms with Gasteiger partial charge in [-0.3, -0.25) is 13.3 Å². The quantitative estimate of drug-likeness (QED) is 0.122. The molecule has 198 valence electrons. The minimum atomic E-state index is -5.38. The summed E-state index contributed by atoms with van der Waals surface area (Å²) in [4.78, 5) is 0.238. The summed E-state index contributed by atoms with van der Waals surface area (Å²) in [5, 5.41) is 0. The number of hydrogen-bond donors (Lipinski definition) is 3. The summed E-state index contributed by atoms with van der Waals surface area (Å²) < 4.78 is 93.4. The third-order valence-electron chi connectivity index (χ3n) is 3.77. The molecule has 0 bridgehead atoms. The Balaban J connectivity index is -0.000000196. The number of unbranched alkanes of at least 4 members (excludes halogenated alkanes) is 9. The molecule has 0 unspecified atom stereocenters. The molecular formula is C18H35KMnNaO11S2Ti. The first-order valence-corrected chi connectivity index (χ1v) is 14.7. The maximum absolute atomic E-state index is 11.9. The van der Waals surface area contributed by atoms with Gasteiger partial charge in [-0.05, 0) is 18.6 Å². The van der Waals surface area contributed by atoms with Crippen molar-refractivity contribution >= 4 is 101 Å². The Hall–Kier alpha value is 2.23. The van der Waals surface area contributed by atoms with Crippen molar-refractivity contribution < 1.29 is 80.5 Å². The molecular weight excluding hydrogens is 621 g/mol. The molecule has 0 aliphatic carbocycles. The first kappa shape index (κ1) is 47.0. The molecule has 0 atom stereocenters. The van der Waals surface area contributed by atoms with E-state index in [2.05, 4.69) is 6.92 Å². The van der Waals surface area contributed by atoms with Crippen LogP contribution in [0.5, 0.6) is 0 Å². The van der Waals surface area contributed by atoms with E-state index < -0.39 is 33.5 Å². The third-order valence-corrected chi connectivity index (χ3v) is 5.09. The Kier molecular flexibility index (Phi) is 37.3. The van der Waals surface area contributed by atoms with Crippen LogP contribution in [0, 0.1) is 0 Å². The Morgan fingerprint density at radius 1 is 0.771 bits per heavy atom. The topological polar surface area (TPSA) is 189 Å². The molecule has 17 heteroatoms. The van der Waals surface area contributed by atoms with Crippen LogP contribution in [0.15, 0.2) is 35.2 Å². The molecule has 1 aromatic rings. The summed E-state index contributed by atoms with van der Waals surface area (Å²) in [5.41, 5.74) is 0. The maximum Gasteiger partial charge on any atom is 0 e. The van der Waals surface area contributed by atoms with E-state index in [1.165, 1.54) is 51.4 Å². The zero-order valence-corrected chi connectivity index (χ0v) is 22.8. The fraction of sp³-hybridized carbons (Fsp3) is 0.667. The third kappa shape index (κ3) is 46.5. The molecule has 35 heavy (non-hydrogen) atoms. The van der Waals surface area contributed by atoms with Gasteiger partial charge in [0.05, 0.1) is 11.5 Å². The van der Waals surface area contributed by atoms with Gasteiger partial charge in [0.2, 0.25) is 0 Å². The van der Waals surface area contributed by atoms with Gasteiger partial charge in [-0.2, -0.15) is 16.8 Å². The summed E-state index contributed by atoms with van der Waals surface area (Å²) in [6.45, 7) is 2.52. The van der Waals surface area contributed by atoms with E-state index in [4.69, 9.17) is 37.4 Å². The molecule has 0 radical (unpaired) electrons. The van der Waals surface area contributed by atoms with E-state index >= 15 is 0 Å². The normalized spacial score (nSPS) is 10.6. The molecule has 1 aromatic carbocycles. The summed E-state index contributed by atoms with van der Waals surface area (Å²) in [6, 6.07) is 8.33. The van der Waals surface area contributed by atoms with Crippen molar-refractivity contribution in [1.82, 2.24) is 0 Å². The van der Waals surface area contributed by atoms with Gasteiger partial charge in [0.15, 0.2) is 0 Å². The molecule has 0 amide bonds. The average Bonchev–Trinajstić information content (AvgIpc) is 2.64. The second-order valence-corrected chi connectivity index (χ2v) is 10.4. The first-order valence-electron chi connectivity index (χ1n) is 9.94. The van der Waals surface area contributed by atoms with Gasteiger partial charge in [-0.15, -0.1) is 0 Å². The van der Waals surface area contributed by atoms with Crippen LogP contribution in [0.2, 0.25) is 0 Å². The van der Waals surface area contributed by atoms with Crippen LogP contribution in [0.4, 0.5) is 0 Å². The van der Waals surface area contributed by atoms with E-state index in [-0.39, 0.29) is 114 Å². The number of rotatable bonds is 13. The Morgan fingerprint density at radius 2 is 1.09 bits per heavy atom. The molecule has 0 aromatic heterocycles. The summed E-state index contributed by atoms with van der Waals surface area (Å²) in [6.07, 6.45) is 12.3. The molecule has 0 heterocycles. The number of hydrogen-bond acceptors (Lipinski definition) is 8. The monoisotopic (exact) mass is 656 g/mol. The SMILES string of the molecule is CCCCCCCCCCCCOS(=O)(=O)c1ccccc1.O=S(=O)(O)O.[KH].[NaH].[O]=[Mn](=[O])(=[O])[OH].[Ti]. The zero-order valence-electron chi connectivity index (χ0n) is 18.5. The zero-order chi connectivity index (χ0) is 25.1. The predicted octanol–water partition coefficient (Wildman–Crippen LogP) is 2.44. The Labute approximate surface area is 290 Å². The molecule has 0 aliphatic rings. The van der Waals surface area contributed by atoms with Crippen LogP contribution in [-0.4, -0.2) is 118 Å². The van der Waals surface area contributed by atoms with Crippen molar-refractivity contribution in [2.75, 3.05) is 6.61 Å². The standard InChI is InChI=1S/C18H30O3S.K.Mn.Na.H2O4S.H2O.3O.Ti.2H/c1-2-3-4-5-6-7-8-9-10-14-17-21-22(19,20)18-15-12-11-13-16-18;;;;1-5(2,3)4;;;;;;;/h11-13,15-16H,2-10,14,17H2,1H3;;;;(H2,1,2,3,4);1H2;;;;;;/q;;+1;;;;;;;;;/p-1. The Bertz CT molecular complexity index is 951. The Morgan fingerprint density at radius 3 is 1.43 bits per heavy atom.